The Kier molecular flexibility index (Phi) is 4.45. The number of aromatic nitrogens is 2. The van der Waals surface area contributed by atoms with Gasteiger partial charge in [-0.05, 0) is 13.0 Å². The van der Waals surface area contributed by atoms with Gasteiger partial charge in [-0.3, -0.25) is 9.48 Å². The average Bonchev–Trinajstić information content (AvgIpc) is 2.82. The summed E-state index contributed by atoms with van der Waals surface area (Å²) in [7, 11) is 2.87. The lowest BCUT2D eigenvalue weighted by Gasteiger charge is -1.99. The second-order valence-corrected chi connectivity index (χ2v) is 3.38. The molecule has 6 heteroatoms. The quantitative estimate of drug-likeness (QED) is 0.606. The van der Waals surface area contributed by atoms with E-state index in [4.69, 9.17) is 0 Å². The predicted molar refractivity (Wildman–Crippen MR) is 61.4 cm³/mol. The van der Waals surface area contributed by atoms with E-state index in [1.807, 2.05) is 0 Å². The van der Waals surface area contributed by atoms with E-state index in [1.165, 1.54) is 7.11 Å². The SMILES string of the molecule is CNC(=O)c1ccn(CC=C(C)C(=O)OC)n1. The number of carbonyl (C=O) groups is 2. The molecule has 0 unspecified atom stereocenters. The third kappa shape index (κ3) is 3.44. The van der Waals surface area contributed by atoms with Gasteiger partial charge < -0.3 is 10.1 Å². The first-order valence-electron chi connectivity index (χ1n) is 5.09. The number of esters is 1. The Bertz CT molecular complexity index is 449. The van der Waals surface area contributed by atoms with Crippen molar-refractivity contribution in [3.63, 3.8) is 0 Å². The lowest BCUT2D eigenvalue weighted by Crippen LogP contribution is -2.18. The van der Waals surface area contributed by atoms with E-state index in [9.17, 15) is 9.59 Å². The number of methoxy groups -OCH3 is 1. The number of hydrogen-bond donors (Lipinski definition) is 1. The average molecular weight is 237 g/mol. The van der Waals surface area contributed by atoms with E-state index in [0.717, 1.165) is 0 Å². The Morgan fingerprint density at radius 1 is 1.59 bits per heavy atom. The van der Waals surface area contributed by atoms with Gasteiger partial charge in [0.2, 0.25) is 0 Å². The van der Waals surface area contributed by atoms with Crippen LogP contribution in [0.3, 0.4) is 0 Å². The molecule has 0 spiro atoms. The molecule has 1 heterocycles. The molecule has 0 radical (unpaired) electrons. The molecule has 0 aliphatic heterocycles. The van der Waals surface area contributed by atoms with E-state index < -0.39 is 0 Å². The Morgan fingerprint density at radius 2 is 2.29 bits per heavy atom. The van der Waals surface area contributed by atoms with Gasteiger partial charge in [0, 0.05) is 18.8 Å². The van der Waals surface area contributed by atoms with Crippen LogP contribution < -0.4 is 5.32 Å². The highest BCUT2D eigenvalue weighted by molar-refractivity contribution is 5.91. The van der Waals surface area contributed by atoms with Crippen LogP contribution >= 0.6 is 0 Å². The Balaban J connectivity index is 2.67. The lowest BCUT2D eigenvalue weighted by molar-refractivity contribution is -0.136. The minimum absolute atomic E-state index is 0.239. The van der Waals surface area contributed by atoms with E-state index in [1.54, 1.807) is 37.0 Å². The van der Waals surface area contributed by atoms with Crippen molar-refractivity contribution in [1.29, 1.82) is 0 Å². The largest absolute Gasteiger partial charge is 0.466 e. The molecule has 17 heavy (non-hydrogen) atoms. The number of ether oxygens (including phenoxy) is 1. The molecule has 0 aromatic carbocycles. The maximum Gasteiger partial charge on any atom is 0.333 e. The molecule has 1 rings (SSSR count). The number of nitrogens with zero attached hydrogens (tertiary/aromatic N) is 2. The molecule has 0 aliphatic rings. The van der Waals surface area contributed by atoms with Crippen molar-refractivity contribution < 1.29 is 14.3 Å². The zero-order valence-electron chi connectivity index (χ0n) is 10.1. The van der Waals surface area contributed by atoms with Crippen molar-refractivity contribution in [1.82, 2.24) is 15.1 Å². The molecule has 1 aromatic rings. The van der Waals surface area contributed by atoms with Gasteiger partial charge in [-0.1, -0.05) is 6.08 Å². The van der Waals surface area contributed by atoms with Gasteiger partial charge in [0.15, 0.2) is 0 Å². The minimum atomic E-state index is -0.372. The number of amides is 1. The van der Waals surface area contributed by atoms with Crippen LogP contribution in [0.4, 0.5) is 0 Å². The van der Waals surface area contributed by atoms with Gasteiger partial charge in [0.25, 0.3) is 5.91 Å². The molecule has 0 aliphatic carbocycles. The number of nitrogens with one attached hydrogen (secondary N) is 1. The number of allylic oxidation sites excluding steroid dienone is 1. The molecule has 0 bridgehead atoms. The molecule has 1 N–H and O–H groups in total. The van der Waals surface area contributed by atoms with Crippen LogP contribution in [0, 0.1) is 0 Å². The number of rotatable bonds is 4. The summed E-state index contributed by atoms with van der Waals surface area (Å²) in [6.07, 6.45) is 3.36. The van der Waals surface area contributed by atoms with Gasteiger partial charge >= 0.3 is 5.97 Å². The Labute approximate surface area is 99.3 Å². The molecule has 92 valence electrons. The summed E-state index contributed by atoms with van der Waals surface area (Å²) in [5.74, 6) is -0.610. The summed E-state index contributed by atoms with van der Waals surface area (Å²) in [5.41, 5.74) is 0.848. The Hall–Kier alpha value is -2.11. The standard InChI is InChI=1S/C11H15N3O3/c1-8(11(16)17-3)4-6-14-7-5-9(13-14)10(15)12-2/h4-5,7H,6H2,1-3H3,(H,12,15). The fourth-order valence-electron chi connectivity index (χ4n) is 1.19. The highest BCUT2D eigenvalue weighted by Crippen LogP contribution is 1.99. The van der Waals surface area contributed by atoms with E-state index in [2.05, 4.69) is 15.2 Å². The second kappa shape index (κ2) is 5.83. The van der Waals surface area contributed by atoms with Crippen LogP contribution in [0.1, 0.15) is 17.4 Å². The molecule has 0 atom stereocenters. The molecule has 6 nitrogen and oxygen atoms in total. The van der Waals surface area contributed by atoms with Crippen molar-refractivity contribution in [3.05, 3.63) is 29.6 Å². The van der Waals surface area contributed by atoms with Crippen LogP contribution in [-0.2, 0) is 16.1 Å². The topological polar surface area (TPSA) is 73.2 Å². The normalized spacial score (nSPS) is 11.1. The third-order valence-corrected chi connectivity index (χ3v) is 2.19. The maximum atomic E-state index is 11.2. The van der Waals surface area contributed by atoms with Gasteiger partial charge in [-0.25, -0.2) is 4.79 Å². The van der Waals surface area contributed by atoms with Crippen molar-refractivity contribution in [3.8, 4) is 0 Å². The summed E-state index contributed by atoms with van der Waals surface area (Å²) in [5, 5.41) is 6.53. The summed E-state index contributed by atoms with van der Waals surface area (Å²) in [4.78, 5) is 22.4. The minimum Gasteiger partial charge on any atom is -0.466 e. The maximum absolute atomic E-state index is 11.2. The Morgan fingerprint density at radius 3 is 2.88 bits per heavy atom. The molecular formula is C11H15N3O3. The lowest BCUT2D eigenvalue weighted by atomic mass is 10.3. The molecule has 0 fully saturated rings. The molecule has 0 saturated carbocycles. The van der Waals surface area contributed by atoms with E-state index in [-0.39, 0.29) is 11.9 Å². The predicted octanol–water partition coefficient (Wildman–Crippen LogP) is 0.362. The first-order chi connectivity index (χ1) is 8.08. The van der Waals surface area contributed by atoms with Gasteiger partial charge in [0.1, 0.15) is 5.69 Å². The summed E-state index contributed by atoms with van der Waals surface area (Å²) in [6, 6.07) is 1.61. The van der Waals surface area contributed by atoms with Crippen LogP contribution in [-0.4, -0.2) is 35.8 Å². The second-order valence-electron chi connectivity index (χ2n) is 3.38. The molecular weight excluding hydrogens is 222 g/mol. The van der Waals surface area contributed by atoms with E-state index in [0.29, 0.717) is 17.8 Å². The van der Waals surface area contributed by atoms with Crippen molar-refractivity contribution in [2.24, 2.45) is 0 Å². The summed E-state index contributed by atoms with van der Waals surface area (Å²) < 4.78 is 6.13. The third-order valence-electron chi connectivity index (χ3n) is 2.19. The zero-order valence-corrected chi connectivity index (χ0v) is 10.1. The molecule has 1 aromatic heterocycles. The summed E-state index contributed by atoms with van der Waals surface area (Å²) in [6.45, 7) is 2.08. The molecule has 1 amide bonds. The number of carbonyl (C=O) groups excluding carboxylic acids is 2. The fourth-order valence-corrected chi connectivity index (χ4v) is 1.19. The van der Waals surface area contributed by atoms with E-state index >= 15 is 0 Å². The van der Waals surface area contributed by atoms with Crippen LogP contribution in [0.25, 0.3) is 0 Å². The fraction of sp³-hybridized carbons (Fsp3) is 0.364. The monoisotopic (exact) mass is 237 g/mol. The molecule has 0 saturated heterocycles. The van der Waals surface area contributed by atoms with Crippen molar-refractivity contribution in [2.75, 3.05) is 14.2 Å². The first kappa shape index (κ1) is 13.0. The van der Waals surface area contributed by atoms with Crippen LogP contribution in [0.15, 0.2) is 23.9 Å². The van der Waals surface area contributed by atoms with Gasteiger partial charge in [0.05, 0.1) is 13.7 Å². The number of hydrogen-bond acceptors (Lipinski definition) is 4. The smallest absolute Gasteiger partial charge is 0.333 e. The van der Waals surface area contributed by atoms with Gasteiger partial charge in [-0.15, -0.1) is 0 Å². The van der Waals surface area contributed by atoms with Crippen molar-refractivity contribution >= 4 is 11.9 Å². The zero-order chi connectivity index (χ0) is 12.8. The van der Waals surface area contributed by atoms with Crippen molar-refractivity contribution in [2.45, 2.75) is 13.5 Å². The highest BCUT2D eigenvalue weighted by Gasteiger charge is 2.07. The van der Waals surface area contributed by atoms with Gasteiger partial charge in [-0.2, -0.15) is 5.10 Å². The first-order valence-corrected chi connectivity index (χ1v) is 5.09. The highest BCUT2D eigenvalue weighted by atomic mass is 16.5. The van der Waals surface area contributed by atoms with Crippen LogP contribution in [0.5, 0.6) is 0 Å². The summed E-state index contributed by atoms with van der Waals surface area (Å²) >= 11 is 0. The van der Waals surface area contributed by atoms with Crippen LogP contribution in [0.2, 0.25) is 0 Å².